The standard InChI is InChI=1S/C12H8F2N2OS/c1-3-4-16-11-9(14)5-8(13)6-10(11)18-12(16)15-7(2)17/h1,5-6H,4H2,2H3. The van der Waals surface area contributed by atoms with Gasteiger partial charge in [-0.3, -0.25) is 4.79 Å². The van der Waals surface area contributed by atoms with Gasteiger partial charge in [-0.1, -0.05) is 17.3 Å². The smallest absolute Gasteiger partial charge is 0.245 e. The maximum absolute atomic E-state index is 13.7. The molecule has 6 heteroatoms. The summed E-state index contributed by atoms with van der Waals surface area (Å²) in [7, 11) is 0. The first-order valence-corrected chi connectivity index (χ1v) is 5.81. The van der Waals surface area contributed by atoms with Crippen LogP contribution in [0.1, 0.15) is 6.92 Å². The molecule has 1 amide bonds. The highest BCUT2D eigenvalue weighted by Crippen LogP contribution is 2.22. The van der Waals surface area contributed by atoms with Crippen molar-refractivity contribution in [3.8, 4) is 12.3 Å². The van der Waals surface area contributed by atoms with Crippen LogP contribution in [0.25, 0.3) is 10.2 Å². The van der Waals surface area contributed by atoms with Gasteiger partial charge >= 0.3 is 0 Å². The van der Waals surface area contributed by atoms with E-state index in [4.69, 9.17) is 6.42 Å². The van der Waals surface area contributed by atoms with Gasteiger partial charge in [0.25, 0.3) is 0 Å². The van der Waals surface area contributed by atoms with Gasteiger partial charge in [0, 0.05) is 13.0 Å². The summed E-state index contributed by atoms with van der Waals surface area (Å²) in [6.45, 7) is 1.34. The predicted octanol–water partition coefficient (Wildman–Crippen LogP) is 2.06. The van der Waals surface area contributed by atoms with Gasteiger partial charge < -0.3 is 4.57 Å². The molecular weight excluding hydrogens is 258 g/mol. The van der Waals surface area contributed by atoms with Crippen molar-refractivity contribution >= 4 is 27.5 Å². The van der Waals surface area contributed by atoms with Crippen LogP contribution in [0.4, 0.5) is 8.78 Å². The number of rotatable bonds is 1. The van der Waals surface area contributed by atoms with Crippen LogP contribution in [0.5, 0.6) is 0 Å². The van der Waals surface area contributed by atoms with E-state index in [9.17, 15) is 13.6 Å². The summed E-state index contributed by atoms with van der Waals surface area (Å²) >= 11 is 1.02. The van der Waals surface area contributed by atoms with Crippen LogP contribution < -0.4 is 4.80 Å². The number of halogens is 2. The molecule has 2 rings (SSSR count). The summed E-state index contributed by atoms with van der Waals surface area (Å²) in [6.07, 6.45) is 5.20. The molecule has 0 saturated carbocycles. The average Bonchev–Trinajstić information content (AvgIpc) is 2.56. The van der Waals surface area contributed by atoms with Gasteiger partial charge in [0.05, 0.1) is 16.8 Å². The minimum absolute atomic E-state index is 0.0642. The molecule has 0 fully saturated rings. The Morgan fingerprint density at radius 2 is 2.28 bits per heavy atom. The number of carbonyl (C=O) groups is 1. The largest absolute Gasteiger partial charge is 0.302 e. The fraction of sp³-hybridized carbons (Fsp3) is 0.167. The fourth-order valence-electron chi connectivity index (χ4n) is 1.59. The van der Waals surface area contributed by atoms with Crippen LogP contribution in [0.2, 0.25) is 0 Å². The quantitative estimate of drug-likeness (QED) is 0.727. The summed E-state index contributed by atoms with van der Waals surface area (Å²) < 4.78 is 28.6. The van der Waals surface area contributed by atoms with Crippen molar-refractivity contribution in [3.63, 3.8) is 0 Å². The summed E-state index contributed by atoms with van der Waals surface area (Å²) in [5, 5.41) is 0. The molecule has 1 heterocycles. The highest BCUT2D eigenvalue weighted by molar-refractivity contribution is 7.16. The molecule has 92 valence electrons. The van der Waals surface area contributed by atoms with E-state index in [1.165, 1.54) is 17.6 Å². The second kappa shape index (κ2) is 4.70. The maximum atomic E-state index is 13.7. The average molecular weight is 266 g/mol. The van der Waals surface area contributed by atoms with Crippen LogP contribution >= 0.6 is 11.3 Å². The van der Waals surface area contributed by atoms with Crippen molar-refractivity contribution in [2.75, 3.05) is 0 Å². The van der Waals surface area contributed by atoms with Crippen molar-refractivity contribution < 1.29 is 13.6 Å². The molecule has 0 saturated heterocycles. The summed E-state index contributed by atoms with van der Waals surface area (Å²) in [5.74, 6) is 0.535. The van der Waals surface area contributed by atoms with Crippen LogP contribution in [0.15, 0.2) is 17.1 Å². The molecule has 0 aliphatic heterocycles. The minimum atomic E-state index is -0.721. The van der Waals surface area contributed by atoms with Gasteiger partial charge in [-0.2, -0.15) is 4.99 Å². The van der Waals surface area contributed by atoms with Gasteiger partial charge in [-0.25, -0.2) is 8.78 Å². The number of hydrogen-bond acceptors (Lipinski definition) is 2. The zero-order valence-electron chi connectivity index (χ0n) is 9.41. The first kappa shape index (κ1) is 12.5. The van der Waals surface area contributed by atoms with Gasteiger partial charge in [0.15, 0.2) is 10.6 Å². The van der Waals surface area contributed by atoms with E-state index in [1.807, 2.05) is 0 Å². The first-order valence-electron chi connectivity index (χ1n) is 5.00. The van der Waals surface area contributed by atoms with E-state index >= 15 is 0 Å². The molecule has 1 aromatic heterocycles. The first-order chi connectivity index (χ1) is 8.52. The molecule has 0 bridgehead atoms. The lowest BCUT2D eigenvalue weighted by Gasteiger charge is -2.00. The maximum Gasteiger partial charge on any atom is 0.245 e. The molecule has 0 atom stereocenters. The number of carbonyl (C=O) groups excluding carboxylic acids is 1. The van der Waals surface area contributed by atoms with Gasteiger partial charge in [0.2, 0.25) is 5.91 Å². The van der Waals surface area contributed by atoms with Crippen LogP contribution in [-0.2, 0) is 11.3 Å². The van der Waals surface area contributed by atoms with Crippen LogP contribution in [-0.4, -0.2) is 10.5 Å². The summed E-state index contributed by atoms with van der Waals surface area (Å²) in [4.78, 5) is 15.0. The monoisotopic (exact) mass is 266 g/mol. The second-order valence-electron chi connectivity index (χ2n) is 3.54. The Morgan fingerprint density at radius 1 is 1.56 bits per heavy atom. The number of hydrogen-bond donors (Lipinski definition) is 0. The Morgan fingerprint density at radius 3 is 2.89 bits per heavy atom. The van der Waals surface area contributed by atoms with E-state index in [0.29, 0.717) is 4.70 Å². The van der Waals surface area contributed by atoms with E-state index in [0.717, 1.165) is 17.4 Å². The molecule has 0 radical (unpaired) electrons. The van der Waals surface area contributed by atoms with Crippen LogP contribution in [0, 0.1) is 24.0 Å². The minimum Gasteiger partial charge on any atom is -0.302 e. The molecule has 0 N–H and O–H groups in total. The van der Waals surface area contributed by atoms with Crippen LogP contribution in [0.3, 0.4) is 0 Å². The summed E-state index contributed by atoms with van der Waals surface area (Å²) in [6, 6.07) is 1.97. The normalized spacial score (nSPS) is 11.8. The lowest BCUT2D eigenvalue weighted by atomic mass is 10.3. The predicted molar refractivity (Wildman–Crippen MR) is 64.8 cm³/mol. The third-order valence-electron chi connectivity index (χ3n) is 2.20. The molecule has 2 aromatic rings. The number of benzene rings is 1. The Bertz CT molecular complexity index is 737. The van der Waals surface area contributed by atoms with E-state index in [1.54, 1.807) is 0 Å². The number of thiazole rings is 1. The number of amides is 1. The van der Waals surface area contributed by atoms with Crippen molar-refractivity contribution in [2.24, 2.45) is 4.99 Å². The number of terminal acetylenes is 1. The molecule has 18 heavy (non-hydrogen) atoms. The lowest BCUT2D eigenvalue weighted by molar-refractivity contribution is -0.116. The molecule has 0 aliphatic rings. The van der Waals surface area contributed by atoms with Gasteiger partial charge in [-0.05, 0) is 6.07 Å². The SMILES string of the molecule is C#CCn1c(=NC(C)=O)sc2cc(F)cc(F)c21. The highest BCUT2D eigenvalue weighted by Gasteiger charge is 2.12. The molecular formula is C12H8F2N2OS. The van der Waals surface area contributed by atoms with Gasteiger partial charge in [0.1, 0.15) is 5.82 Å². The zero-order valence-corrected chi connectivity index (χ0v) is 10.2. The Hall–Kier alpha value is -2.00. The fourth-order valence-corrected chi connectivity index (χ4v) is 2.70. The topological polar surface area (TPSA) is 34.4 Å². The lowest BCUT2D eigenvalue weighted by Crippen LogP contribution is -2.16. The Balaban J connectivity index is 2.89. The molecule has 1 aromatic carbocycles. The van der Waals surface area contributed by atoms with Crippen molar-refractivity contribution in [2.45, 2.75) is 13.5 Å². The Kier molecular flexibility index (Phi) is 3.26. The highest BCUT2D eigenvalue weighted by atomic mass is 32.1. The van der Waals surface area contributed by atoms with Crippen molar-refractivity contribution in [1.82, 2.24) is 4.57 Å². The van der Waals surface area contributed by atoms with E-state index in [-0.39, 0.29) is 16.9 Å². The Labute approximate surface area is 105 Å². The number of fused-ring (bicyclic) bond motifs is 1. The molecule has 0 unspecified atom stereocenters. The zero-order chi connectivity index (χ0) is 13.3. The van der Waals surface area contributed by atoms with Crippen molar-refractivity contribution in [3.05, 3.63) is 28.6 Å². The second-order valence-corrected chi connectivity index (χ2v) is 4.55. The molecule has 3 nitrogen and oxygen atoms in total. The van der Waals surface area contributed by atoms with Crippen molar-refractivity contribution in [1.29, 1.82) is 0 Å². The third-order valence-corrected chi connectivity index (χ3v) is 3.22. The molecule has 0 spiro atoms. The van der Waals surface area contributed by atoms with E-state index < -0.39 is 17.5 Å². The number of aromatic nitrogens is 1. The molecule has 0 aliphatic carbocycles. The van der Waals surface area contributed by atoms with Gasteiger partial charge in [-0.15, -0.1) is 6.42 Å². The number of nitrogens with zero attached hydrogens (tertiary/aromatic N) is 2. The third kappa shape index (κ3) is 2.17. The van der Waals surface area contributed by atoms with E-state index in [2.05, 4.69) is 10.9 Å². The summed E-state index contributed by atoms with van der Waals surface area (Å²) in [5.41, 5.74) is 0.166.